The lowest BCUT2D eigenvalue weighted by atomic mass is 10.0. The molecule has 1 amide bonds. The molecular weight excluding hydrogens is 256 g/mol. The molecule has 0 aromatic heterocycles. The number of hydrogen-bond donors (Lipinski definition) is 1. The van der Waals surface area contributed by atoms with Crippen molar-refractivity contribution in [3.8, 4) is 0 Å². The summed E-state index contributed by atoms with van der Waals surface area (Å²) in [5, 5.41) is 0. The SMILES string of the molecule is CC(C(=O)N(C)Cc1cccc(C(N)=S)c1)C1CC1. The van der Waals surface area contributed by atoms with Gasteiger partial charge < -0.3 is 10.6 Å². The van der Waals surface area contributed by atoms with Crippen LogP contribution in [-0.4, -0.2) is 22.8 Å². The molecular formula is C15H20N2OS. The van der Waals surface area contributed by atoms with Crippen LogP contribution in [0.25, 0.3) is 0 Å². The quantitative estimate of drug-likeness (QED) is 0.840. The lowest BCUT2D eigenvalue weighted by Gasteiger charge is -2.21. The summed E-state index contributed by atoms with van der Waals surface area (Å²) in [5.74, 6) is 0.963. The van der Waals surface area contributed by atoms with Gasteiger partial charge in [-0.25, -0.2) is 0 Å². The lowest BCUT2D eigenvalue weighted by Crippen LogP contribution is -2.32. The molecule has 4 heteroatoms. The normalized spacial score (nSPS) is 15.9. The minimum atomic E-state index is 0.142. The Balaban J connectivity index is 2.01. The molecule has 0 aliphatic heterocycles. The molecule has 1 aliphatic carbocycles. The third kappa shape index (κ3) is 3.53. The molecule has 0 radical (unpaired) electrons. The van der Waals surface area contributed by atoms with E-state index < -0.39 is 0 Å². The van der Waals surface area contributed by atoms with Gasteiger partial charge in [0.05, 0.1) is 0 Å². The Morgan fingerprint density at radius 1 is 1.53 bits per heavy atom. The van der Waals surface area contributed by atoms with Gasteiger partial charge in [-0.3, -0.25) is 4.79 Å². The van der Waals surface area contributed by atoms with Crippen molar-refractivity contribution in [2.45, 2.75) is 26.3 Å². The number of amides is 1. The van der Waals surface area contributed by atoms with E-state index in [1.54, 1.807) is 4.90 Å². The van der Waals surface area contributed by atoms with Crippen molar-refractivity contribution in [1.82, 2.24) is 4.90 Å². The summed E-state index contributed by atoms with van der Waals surface area (Å²) in [4.78, 5) is 14.4. The fourth-order valence-corrected chi connectivity index (χ4v) is 2.45. The van der Waals surface area contributed by atoms with Gasteiger partial charge in [0.15, 0.2) is 0 Å². The summed E-state index contributed by atoms with van der Waals surface area (Å²) >= 11 is 4.97. The first-order valence-electron chi connectivity index (χ1n) is 6.62. The van der Waals surface area contributed by atoms with Gasteiger partial charge in [0.25, 0.3) is 0 Å². The predicted molar refractivity (Wildman–Crippen MR) is 80.7 cm³/mol. The molecule has 1 unspecified atom stereocenters. The van der Waals surface area contributed by atoms with E-state index >= 15 is 0 Å². The molecule has 1 aliphatic rings. The zero-order chi connectivity index (χ0) is 14.0. The van der Waals surface area contributed by atoms with Crippen molar-refractivity contribution in [1.29, 1.82) is 0 Å². The average Bonchev–Trinajstić information content (AvgIpc) is 3.21. The minimum absolute atomic E-state index is 0.142. The van der Waals surface area contributed by atoms with Crippen LogP contribution in [0.3, 0.4) is 0 Å². The summed E-state index contributed by atoms with van der Waals surface area (Å²) in [7, 11) is 1.86. The van der Waals surface area contributed by atoms with E-state index in [0.29, 0.717) is 17.5 Å². The van der Waals surface area contributed by atoms with Gasteiger partial charge in [-0.15, -0.1) is 0 Å². The molecule has 0 spiro atoms. The fourth-order valence-electron chi connectivity index (χ4n) is 2.32. The first-order valence-corrected chi connectivity index (χ1v) is 7.03. The number of carbonyl (C=O) groups excluding carboxylic acids is 1. The molecule has 1 aromatic carbocycles. The zero-order valence-corrected chi connectivity index (χ0v) is 12.2. The summed E-state index contributed by atoms with van der Waals surface area (Å²) in [6.07, 6.45) is 2.38. The van der Waals surface area contributed by atoms with E-state index in [9.17, 15) is 4.79 Å². The van der Waals surface area contributed by atoms with Crippen LogP contribution in [0.5, 0.6) is 0 Å². The van der Waals surface area contributed by atoms with Gasteiger partial charge >= 0.3 is 0 Å². The van der Waals surface area contributed by atoms with Crippen molar-refractivity contribution in [3.63, 3.8) is 0 Å². The van der Waals surface area contributed by atoms with Gasteiger partial charge in [-0.2, -0.15) is 0 Å². The largest absolute Gasteiger partial charge is 0.389 e. The predicted octanol–water partition coefficient (Wildman–Crippen LogP) is 2.33. The van der Waals surface area contributed by atoms with Gasteiger partial charge in [-0.05, 0) is 30.4 Å². The fraction of sp³-hybridized carbons (Fsp3) is 0.467. The van der Waals surface area contributed by atoms with Crippen LogP contribution < -0.4 is 5.73 Å². The molecule has 0 bridgehead atoms. The van der Waals surface area contributed by atoms with E-state index in [0.717, 1.165) is 11.1 Å². The van der Waals surface area contributed by atoms with E-state index in [2.05, 4.69) is 0 Å². The smallest absolute Gasteiger partial charge is 0.225 e. The topological polar surface area (TPSA) is 46.3 Å². The molecule has 1 fully saturated rings. The number of nitrogens with two attached hydrogens (primary N) is 1. The van der Waals surface area contributed by atoms with E-state index in [1.165, 1.54) is 12.8 Å². The molecule has 19 heavy (non-hydrogen) atoms. The Hall–Kier alpha value is -1.42. The maximum atomic E-state index is 12.2. The molecule has 1 atom stereocenters. The highest BCUT2D eigenvalue weighted by molar-refractivity contribution is 7.80. The van der Waals surface area contributed by atoms with Crippen molar-refractivity contribution in [2.75, 3.05) is 7.05 Å². The molecule has 2 N–H and O–H groups in total. The standard InChI is InChI=1S/C15H20N2OS/c1-10(12-6-7-12)15(18)17(2)9-11-4-3-5-13(8-11)14(16)19/h3-5,8,10,12H,6-7,9H2,1-2H3,(H2,16,19). The third-order valence-electron chi connectivity index (χ3n) is 3.73. The highest BCUT2D eigenvalue weighted by Gasteiger charge is 2.33. The number of nitrogens with zero attached hydrogens (tertiary/aromatic N) is 1. The number of rotatable bonds is 5. The van der Waals surface area contributed by atoms with Gasteiger partial charge in [0, 0.05) is 25.1 Å². The molecule has 2 rings (SSSR count). The van der Waals surface area contributed by atoms with Gasteiger partial charge in [-0.1, -0.05) is 37.3 Å². The Labute approximate surface area is 119 Å². The second-order valence-corrected chi connectivity index (χ2v) is 5.82. The van der Waals surface area contributed by atoms with E-state index in [4.69, 9.17) is 18.0 Å². The maximum absolute atomic E-state index is 12.2. The number of carbonyl (C=O) groups is 1. The summed E-state index contributed by atoms with van der Waals surface area (Å²) < 4.78 is 0. The summed E-state index contributed by atoms with van der Waals surface area (Å²) in [6.45, 7) is 2.63. The Bertz CT molecular complexity index is 497. The molecule has 0 saturated heterocycles. The second-order valence-electron chi connectivity index (χ2n) is 5.39. The molecule has 1 saturated carbocycles. The third-order valence-corrected chi connectivity index (χ3v) is 3.96. The van der Waals surface area contributed by atoms with Crippen LogP contribution in [0.2, 0.25) is 0 Å². The van der Waals surface area contributed by atoms with Crippen LogP contribution in [-0.2, 0) is 11.3 Å². The van der Waals surface area contributed by atoms with Crippen LogP contribution in [0, 0.1) is 11.8 Å². The molecule has 0 heterocycles. The van der Waals surface area contributed by atoms with Crippen molar-refractivity contribution >= 4 is 23.1 Å². The average molecular weight is 276 g/mol. The Morgan fingerprint density at radius 2 is 2.21 bits per heavy atom. The highest BCUT2D eigenvalue weighted by Crippen LogP contribution is 2.37. The number of benzene rings is 1. The van der Waals surface area contributed by atoms with Crippen LogP contribution in [0.15, 0.2) is 24.3 Å². The maximum Gasteiger partial charge on any atom is 0.225 e. The van der Waals surface area contributed by atoms with Crippen LogP contribution in [0.4, 0.5) is 0 Å². The van der Waals surface area contributed by atoms with E-state index in [-0.39, 0.29) is 11.8 Å². The summed E-state index contributed by atoms with van der Waals surface area (Å²) in [5.41, 5.74) is 7.53. The Kier molecular flexibility index (Phi) is 4.20. The monoisotopic (exact) mass is 276 g/mol. The molecule has 102 valence electrons. The van der Waals surface area contributed by atoms with Gasteiger partial charge in [0.1, 0.15) is 4.99 Å². The Morgan fingerprint density at radius 3 is 2.79 bits per heavy atom. The molecule has 3 nitrogen and oxygen atoms in total. The van der Waals surface area contributed by atoms with E-state index in [1.807, 2.05) is 38.2 Å². The van der Waals surface area contributed by atoms with Crippen LogP contribution in [0.1, 0.15) is 30.9 Å². The highest BCUT2D eigenvalue weighted by atomic mass is 32.1. The molecule has 1 aromatic rings. The van der Waals surface area contributed by atoms with Gasteiger partial charge in [0.2, 0.25) is 5.91 Å². The van der Waals surface area contributed by atoms with Crippen molar-refractivity contribution in [3.05, 3.63) is 35.4 Å². The van der Waals surface area contributed by atoms with Crippen LogP contribution >= 0.6 is 12.2 Å². The van der Waals surface area contributed by atoms with Crippen molar-refractivity contribution in [2.24, 2.45) is 17.6 Å². The number of thiocarbonyl (C=S) groups is 1. The zero-order valence-electron chi connectivity index (χ0n) is 11.4. The summed E-state index contributed by atoms with van der Waals surface area (Å²) in [6, 6.07) is 7.76. The second kappa shape index (κ2) is 5.70. The lowest BCUT2D eigenvalue weighted by molar-refractivity contribution is -0.134. The first kappa shape index (κ1) is 14.0. The first-order chi connectivity index (χ1) is 8.99. The van der Waals surface area contributed by atoms with Crippen molar-refractivity contribution < 1.29 is 4.79 Å². The number of hydrogen-bond acceptors (Lipinski definition) is 2. The minimum Gasteiger partial charge on any atom is -0.389 e.